The highest BCUT2D eigenvalue weighted by Gasteiger charge is 2.40. The number of unbranched alkanes of at least 4 members (excludes halogenated alkanes) is 1. The monoisotopic (exact) mass is 446 g/mol. The maximum Gasteiger partial charge on any atom is 0.282 e. The highest BCUT2D eigenvalue weighted by molar-refractivity contribution is 6.46. The zero-order valence-electron chi connectivity index (χ0n) is 18.5. The van der Waals surface area contributed by atoms with Gasteiger partial charge in [-0.1, -0.05) is 55.3 Å². The lowest BCUT2D eigenvalue weighted by atomic mass is 10.0. The van der Waals surface area contributed by atoms with Crippen molar-refractivity contribution in [3.8, 4) is 0 Å². The Hall–Kier alpha value is -3.80. The summed E-state index contributed by atoms with van der Waals surface area (Å²) >= 11 is 0. The van der Waals surface area contributed by atoms with Crippen LogP contribution in [0.25, 0.3) is 5.57 Å². The molecule has 0 saturated heterocycles. The summed E-state index contributed by atoms with van der Waals surface area (Å²) in [5, 5.41) is 2.85. The Bertz CT molecular complexity index is 1230. The van der Waals surface area contributed by atoms with Gasteiger partial charge in [0.15, 0.2) is 11.6 Å². The summed E-state index contributed by atoms with van der Waals surface area (Å²) in [5.41, 5.74) is 3.52. The molecule has 0 spiro atoms. The first-order valence-electron chi connectivity index (χ1n) is 10.9. The van der Waals surface area contributed by atoms with Gasteiger partial charge in [0.25, 0.3) is 11.8 Å². The van der Waals surface area contributed by atoms with Crippen LogP contribution in [0.1, 0.15) is 36.5 Å². The van der Waals surface area contributed by atoms with Crippen LogP contribution in [0.4, 0.5) is 20.2 Å². The van der Waals surface area contributed by atoms with Crippen molar-refractivity contribution in [3.05, 3.63) is 101 Å². The number of amides is 2. The summed E-state index contributed by atoms with van der Waals surface area (Å²) in [5.74, 6) is -3.07. The smallest absolute Gasteiger partial charge is 0.282 e. The molecule has 3 aromatic carbocycles. The number of aryl methyl sites for hydroxylation is 2. The van der Waals surface area contributed by atoms with Crippen LogP contribution in [-0.4, -0.2) is 11.8 Å². The molecule has 1 aliphatic rings. The molecule has 1 aliphatic heterocycles. The summed E-state index contributed by atoms with van der Waals surface area (Å²) in [6.07, 6.45) is 3.06. The van der Waals surface area contributed by atoms with Gasteiger partial charge in [0.1, 0.15) is 5.70 Å². The molecule has 4 nitrogen and oxygen atoms in total. The number of rotatable bonds is 7. The van der Waals surface area contributed by atoms with E-state index in [1.807, 2.05) is 31.2 Å². The van der Waals surface area contributed by atoms with E-state index in [0.29, 0.717) is 11.3 Å². The van der Waals surface area contributed by atoms with Gasteiger partial charge in [0.2, 0.25) is 0 Å². The molecule has 6 heteroatoms. The third-order valence-corrected chi connectivity index (χ3v) is 5.63. The van der Waals surface area contributed by atoms with Crippen molar-refractivity contribution in [2.45, 2.75) is 33.1 Å². The van der Waals surface area contributed by atoms with Gasteiger partial charge in [0.05, 0.1) is 11.3 Å². The van der Waals surface area contributed by atoms with Crippen molar-refractivity contribution in [1.82, 2.24) is 0 Å². The second-order valence-electron chi connectivity index (χ2n) is 8.09. The van der Waals surface area contributed by atoms with Gasteiger partial charge < -0.3 is 5.32 Å². The van der Waals surface area contributed by atoms with E-state index < -0.39 is 23.4 Å². The highest BCUT2D eigenvalue weighted by atomic mass is 19.2. The largest absolute Gasteiger partial charge is 0.350 e. The Morgan fingerprint density at radius 2 is 1.55 bits per heavy atom. The minimum atomic E-state index is -1.05. The second-order valence-corrected chi connectivity index (χ2v) is 8.09. The van der Waals surface area contributed by atoms with Crippen LogP contribution in [0.15, 0.2) is 72.4 Å². The second kappa shape index (κ2) is 9.36. The van der Waals surface area contributed by atoms with Gasteiger partial charge in [-0.3, -0.25) is 9.59 Å². The normalized spacial score (nSPS) is 13.8. The van der Waals surface area contributed by atoms with Crippen LogP contribution in [0.3, 0.4) is 0 Å². The molecule has 0 atom stereocenters. The highest BCUT2D eigenvalue weighted by Crippen LogP contribution is 2.34. The molecular weight excluding hydrogens is 422 g/mol. The molecule has 1 heterocycles. The van der Waals surface area contributed by atoms with Crippen molar-refractivity contribution in [3.63, 3.8) is 0 Å². The number of halogens is 2. The predicted octanol–water partition coefficient (Wildman–Crippen LogP) is 6.01. The molecule has 0 unspecified atom stereocenters. The Kier molecular flexibility index (Phi) is 6.36. The third kappa shape index (κ3) is 4.55. The standard InChI is InChI=1S/C27H24F2N2O2/c1-3-4-5-18-8-13-21(14-9-18)31-26(32)24(19-10-6-17(2)7-11-19)25(27(31)33)30-20-12-15-22(28)23(29)16-20/h6-16,30H,3-5H2,1-2H3. The molecule has 0 bridgehead atoms. The topological polar surface area (TPSA) is 49.4 Å². The van der Waals surface area contributed by atoms with Gasteiger partial charge in [0, 0.05) is 11.8 Å². The molecule has 4 rings (SSSR count). The molecule has 0 aromatic heterocycles. The summed E-state index contributed by atoms with van der Waals surface area (Å²) in [4.78, 5) is 28.0. The van der Waals surface area contributed by atoms with E-state index in [4.69, 9.17) is 0 Å². The zero-order valence-corrected chi connectivity index (χ0v) is 18.5. The van der Waals surface area contributed by atoms with Crippen molar-refractivity contribution >= 4 is 28.8 Å². The fraction of sp³-hybridized carbons (Fsp3) is 0.185. The first-order valence-corrected chi connectivity index (χ1v) is 10.9. The third-order valence-electron chi connectivity index (χ3n) is 5.63. The van der Waals surface area contributed by atoms with Crippen molar-refractivity contribution in [2.24, 2.45) is 0 Å². The average Bonchev–Trinajstić information content (AvgIpc) is 3.05. The number of hydrogen-bond acceptors (Lipinski definition) is 3. The number of anilines is 2. The van der Waals surface area contributed by atoms with E-state index in [1.54, 1.807) is 24.3 Å². The van der Waals surface area contributed by atoms with Crippen LogP contribution in [0, 0.1) is 18.6 Å². The van der Waals surface area contributed by atoms with Gasteiger partial charge in [-0.05, 0) is 55.2 Å². The van der Waals surface area contributed by atoms with Crippen LogP contribution in [0.5, 0.6) is 0 Å². The Morgan fingerprint density at radius 1 is 0.848 bits per heavy atom. The van der Waals surface area contributed by atoms with Crippen LogP contribution < -0.4 is 10.2 Å². The van der Waals surface area contributed by atoms with E-state index in [0.717, 1.165) is 47.4 Å². The predicted molar refractivity (Wildman–Crippen MR) is 126 cm³/mol. The molecule has 1 N–H and O–H groups in total. The van der Waals surface area contributed by atoms with Crippen LogP contribution in [0.2, 0.25) is 0 Å². The molecule has 3 aromatic rings. The minimum Gasteiger partial charge on any atom is -0.350 e. The number of carbonyl (C=O) groups is 2. The van der Waals surface area contributed by atoms with E-state index in [1.165, 1.54) is 6.07 Å². The summed E-state index contributed by atoms with van der Waals surface area (Å²) in [6.45, 7) is 4.04. The van der Waals surface area contributed by atoms with Crippen molar-refractivity contribution in [2.75, 3.05) is 10.2 Å². The first-order chi connectivity index (χ1) is 15.9. The van der Waals surface area contributed by atoms with E-state index in [9.17, 15) is 18.4 Å². The maximum atomic E-state index is 13.8. The lowest BCUT2D eigenvalue weighted by Gasteiger charge is -2.16. The lowest BCUT2D eigenvalue weighted by molar-refractivity contribution is -0.120. The molecule has 0 radical (unpaired) electrons. The van der Waals surface area contributed by atoms with Gasteiger partial charge in [-0.25, -0.2) is 13.7 Å². The molecule has 33 heavy (non-hydrogen) atoms. The van der Waals surface area contributed by atoms with Crippen molar-refractivity contribution in [1.29, 1.82) is 0 Å². The first kappa shape index (κ1) is 22.4. The fourth-order valence-corrected chi connectivity index (χ4v) is 3.78. The maximum absolute atomic E-state index is 13.8. The molecule has 168 valence electrons. The minimum absolute atomic E-state index is 0.0184. The summed E-state index contributed by atoms with van der Waals surface area (Å²) in [6, 6.07) is 17.8. The summed E-state index contributed by atoms with van der Waals surface area (Å²) < 4.78 is 27.1. The van der Waals surface area contributed by atoms with Gasteiger partial charge in [-0.15, -0.1) is 0 Å². The van der Waals surface area contributed by atoms with Crippen LogP contribution in [-0.2, 0) is 16.0 Å². The SMILES string of the molecule is CCCCc1ccc(N2C(=O)C(Nc3ccc(F)c(F)c3)=C(c3ccc(C)cc3)C2=O)cc1. The number of benzene rings is 3. The quantitative estimate of drug-likeness (QED) is 0.452. The van der Waals surface area contributed by atoms with Crippen LogP contribution >= 0.6 is 0 Å². The van der Waals surface area contributed by atoms with Gasteiger partial charge in [-0.2, -0.15) is 0 Å². The Balaban J connectivity index is 1.73. The number of hydrogen-bond donors (Lipinski definition) is 1. The summed E-state index contributed by atoms with van der Waals surface area (Å²) in [7, 11) is 0. The molecule has 2 amide bonds. The van der Waals surface area contributed by atoms with E-state index in [-0.39, 0.29) is 17.0 Å². The number of carbonyl (C=O) groups excluding carboxylic acids is 2. The fourth-order valence-electron chi connectivity index (χ4n) is 3.78. The number of imide groups is 1. The number of nitrogens with one attached hydrogen (secondary N) is 1. The Morgan fingerprint density at radius 3 is 2.18 bits per heavy atom. The number of nitrogens with zero attached hydrogens (tertiary/aromatic N) is 1. The molecular formula is C27H24F2N2O2. The Labute approximate surface area is 191 Å². The van der Waals surface area contributed by atoms with E-state index >= 15 is 0 Å². The van der Waals surface area contributed by atoms with Crippen molar-refractivity contribution < 1.29 is 18.4 Å². The zero-order chi connectivity index (χ0) is 23.5. The average molecular weight is 446 g/mol. The lowest BCUT2D eigenvalue weighted by Crippen LogP contribution is -2.32. The van der Waals surface area contributed by atoms with E-state index in [2.05, 4.69) is 12.2 Å². The molecule has 0 saturated carbocycles. The molecule has 0 fully saturated rings. The molecule has 0 aliphatic carbocycles. The van der Waals surface area contributed by atoms with Gasteiger partial charge >= 0.3 is 0 Å².